The molecule has 1 fully saturated rings. The van der Waals surface area contributed by atoms with E-state index in [1.807, 2.05) is 18.3 Å². The molecule has 0 radical (unpaired) electrons. The van der Waals surface area contributed by atoms with Gasteiger partial charge in [0, 0.05) is 18.8 Å². The standard InChI is InChI=1S/C17H20N2/c1-13(17-8-4-5-11-18-17)19-12-15-6-2-3-7-16(15)14-9-10-14/h2-8,11,13-14,19H,9-10,12H2,1H3/t13-/m1/s1. The zero-order valence-electron chi connectivity index (χ0n) is 11.3. The molecule has 1 aromatic heterocycles. The first kappa shape index (κ1) is 12.4. The topological polar surface area (TPSA) is 24.9 Å². The predicted octanol–water partition coefficient (Wildman–Crippen LogP) is 3.81. The fraction of sp³-hybridized carbons (Fsp3) is 0.353. The normalized spacial score (nSPS) is 16.3. The third kappa shape index (κ3) is 3.02. The summed E-state index contributed by atoms with van der Waals surface area (Å²) in [6.45, 7) is 3.09. The second kappa shape index (κ2) is 5.54. The number of hydrogen-bond donors (Lipinski definition) is 1. The summed E-state index contributed by atoms with van der Waals surface area (Å²) in [4.78, 5) is 4.40. The maximum Gasteiger partial charge on any atom is 0.0570 e. The van der Waals surface area contributed by atoms with Crippen molar-refractivity contribution < 1.29 is 0 Å². The highest BCUT2D eigenvalue weighted by atomic mass is 14.9. The first-order valence-corrected chi connectivity index (χ1v) is 7.06. The van der Waals surface area contributed by atoms with Crippen molar-refractivity contribution in [1.29, 1.82) is 0 Å². The predicted molar refractivity (Wildman–Crippen MR) is 77.9 cm³/mol. The van der Waals surface area contributed by atoms with Crippen molar-refractivity contribution in [2.24, 2.45) is 0 Å². The average molecular weight is 252 g/mol. The van der Waals surface area contributed by atoms with Crippen molar-refractivity contribution in [1.82, 2.24) is 10.3 Å². The summed E-state index contributed by atoms with van der Waals surface area (Å²) in [5, 5.41) is 3.58. The summed E-state index contributed by atoms with van der Waals surface area (Å²) in [7, 11) is 0. The number of benzene rings is 1. The lowest BCUT2D eigenvalue weighted by Crippen LogP contribution is -2.19. The van der Waals surface area contributed by atoms with Crippen LogP contribution in [0, 0.1) is 0 Å². The molecule has 3 rings (SSSR count). The Kier molecular flexibility index (Phi) is 3.60. The van der Waals surface area contributed by atoms with E-state index in [1.165, 1.54) is 24.0 Å². The Labute approximate surface area is 114 Å². The molecule has 98 valence electrons. The number of aromatic nitrogens is 1. The van der Waals surface area contributed by atoms with Gasteiger partial charge in [0.2, 0.25) is 0 Å². The number of nitrogens with one attached hydrogen (secondary N) is 1. The van der Waals surface area contributed by atoms with Crippen molar-refractivity contribution in [3.05, 3.63) is 65.5 Å². The fourth-order valence-corrected chi connectivity index (χ4v) is 2.49. The SMILES string of the molecule is C[C@@H](NCc1ccccc1C1CC1)c1ccccn1. The summed E-state index contributed by atoms with van der Waals surface area (Å²) >= 11 is 0. The van der Waals surface area contributed by atoms with Gasteiger partial charge in [-0.15, -0.1) is 0 Å². The molecule has 1 aliphatic carbocycles. The van der Waals surface area contributed by atoms with Crippen LogP contribution in [0.2, 0.25) is 0 Å². The highest BCUT2D eigenvalue weighted by Crippen LogP contribution is 2.41. The Morgan fingerprint density at radius 1 is 1.16 bits per heavy atom. The van der Waals surface area contributed by atoms with Gasteiger partial charge in [0.15, 0.2) is 0 Å². The van der Waals surface area contributed by atoms with Gasteiger partial charge in [0.1, 0.15) is 0 Å². The minimum absolute atomic E-state index is 0.286. The largest absolute Gasteiger partial charge is 0.305 e. The molecule has 1 aromatic carbocycles. The molecular formula is C17H20N2. The van der Waals surface area contributed by atoms with E-state index in [2.05, 4.69) is 47.6 Å². The maximum absolute atomic E-state index is 4.40. The van der Waals surface area contributed by atoms with Crippen molar-refractivity contribution in [2.75, 3.05) is 0 Å². The second-order valence-electron chi connectivity index (χ2n) is 5.33. The highest BCUT2D eigenvalue weighted by Gasteiger charge is 2.25. The van der Waals surface area contributed by atoms with Crippen molar-refractivity contribution in [3.63, 3.8) is 0 Å². The number of hydrogen-bond acceptors (Lipinski definition) is 2. The molecule has 1 saturated carbocycles. The van der Waals surface area contributed by atoms with E-state index in [0.29, 0.717) is 0 Å². The van der Waals surface area contributed by atoms with Crippen LogP contribution in [0.25, 0.3) is 0 Å². The lowest BCUT2D eigenvalue weighted by atomic mass is 10.0. The molecule has 1 heterocycles. The number of nitrogens with zero attached hydrogens (tertiary/aromatic N) is 1. The Hall–Kier alpha value is -1.67. The Balaban J connectivity index is 1.66. The summed E-state index contributed by atoms with van der Waals surface area (Å²) < 4.78 is 0. The molecule has 0 aliphatic heterocycles. The van der Waals surface area contributed by atoms with E-state index < -0.39 is 0 Å². The van der Waals surface area contributed by atoms with E-state index in [4.69, 9.17) is 0 Å². The monoisotopic (exact) mass is 252 g/mol. The molecule has 0 amide bonds. The zero-order chi connectivity index (χ0) is 13.1. The quantitative estimate of drug-likeness (QED) is 0.875. The molecule has 19 heavy (non-hydrogen) atoms. The molecule has 0 bridgehead atoms. The van der Waals surface area contributed by atoms with Crippen LogP contribution in [0.4, 0.5) is 0 Å². The van der Waals surface area contributed by atoms with Crippen LogP contribution in [0.5, 0.6) is 0 Å². The molecule has 0 unspecified atom stereocenters. The molecule has 2 nitrogen and oxygen atoms in total. The van der Waals surface area contributed by atoms with Crippen LogP contribution in [0.15, 0.2) is 48.7 Å². The maximum atomic E-state index is 4.40. The van der Waals surface area contributed by atoms with E-state index in [1.54, 1.807) is 0 Å². The first-order chi connectivity index (χ1) is 9.34. The van der Waals surface area contributed by atoms with Gasteiger partial charge in [0.25, 0.3) is 0 Å². The zero-order valence-corrected chi connectivity index (χ0v) is 11.3. The van der Waals surface area contributed by atoms with E-state index in [-0.39, 0.29) is 6.04 Å². The van der Waals surface area contributed by atoms with Gasteiger partial charge >= 0.3 is 0 Å². The van der Waals surface area contributed by atoms with Crippen LogP contribution >= 0.6 is 0 Å². The average Bonchev–Trinajstić information content (AvgIpc) is 3.30. The smallest absolute Gasteiger partial charge is 0.0570 e. The van der Waals surface area contributed by atoms with Gasteiger partial charge in [-0.3, -0.25) is 4.98 Å². The minimum Gasteiger partial charge on any atom is -0.305 e. The number of pyridine rings is 1. The minimum atomic E-state index is 0.286. The molecule has 2 aromatic rings. The van der Waals surface area contributed by atoms with E-state index >= 15 is 0 Å². The summed E-state index contributed by atoms with van der Waals surface area (Å²) in [6.07, 6.45) is 4.56. The summed E-state index contributed by atoms with van der Waals surface area (Å²) in [6, 6.07) is 15.2. The molecule has 0 spiro atoms. The first-order valence-electron chi connectivity index (χ1n) is 7.06. The van der Waals surface area contributed by atoms with Gasteiger partial charge in [-0.25, -0.2) is 0 Å². The van der Waals surface area contributed by atoms with Crippen LogP contribution in [0.3, 0.4) is 0 Å². The van der Waals surface area contributed by atoms with Crippen LogP contribution < -0.4 is 5.32 Å². The van der Waals surface area contributed by atoms with Gasteiger partial charge in [-0.05, 0) is 48.9 Å². The van der Waals surface area contributed by atoms with Crippen LogP contribution in [0.1, 0.15) is 48.5 Å². The van der Waals surface area contributed by atoms with Gasteiger partial charge in [-0.2, -0.15) is 0 Å². The molecule has 1 aliphatic rings. The fourth-order valence-electron chi connectivity index (χ4n) is 2.49. The van der Waals surface area contributed by atoms with Gasteiger partial charge < -0.3 is 5.32 Å². The van der Waals surface area contributed by atoms with Crippen molar-refractivity contribution >= 4 is 0 Å². The van der Waals surface area contributed by atoms with Gasteiger partial charge in [0.05, 0.1) is 5.69 Å². The van der Waals surface area contributed by atoms with Crippen molar-refractivity contribution in [2.45, 2.75) is 38.3 Å². The molecule has 1 atom stereocenters. The lowest BCUT2D eigenvalue weighted by molar-refractivity contribution is 0.559. The van der Waals surface area contributed by atoms with Crippen LogP contribution in [-0.2, 0) is 6.54 Å². The number of rotatable bonds is 5. The third-order valence-electron chi connectivity index (χ3n) is 3.80. The highest BCUT2D eigenvalue weighted by molar-refractivity contribution is 5.33. The molecule has 0 saturated heterocycles. The van der Waals surface area contributed by atoms with Gasteiger partial charge in [-0.1, -0.05) is 30.3 Å². The van der Waals surface area contributed by atoms with E-state index in [0.717, 1.165) is 18.2 Å². The Morgan fingerprint density at radius 3 is 2.68 bits per heavy atom. The Bertz CT molecular complexity index is 532. The summed E-state index contributed by atoms with van der Waals surface area (Å²) in [5.41, 5.74) is 4.07. The third-order valence-corrected chi connectivity index (χ3v) is 3.80. The van der Waals surface area contributed by atoms with Crippen LogP contribution in [-0.4, -0.2) is 4.98 Å². The second-order valence-corrected chi connectivity index (χ2v) is 5.33. The molecule has 2 heteroatoms. The Morgan fingerprint density at radius 2 is 1.95 bits per heavy atom. The molecule has 1 N–H and O–H groups in total. The van der Waals surface area contributed by atoms with Crippen molar-refractivity contribution in [3.8, 4) is 0 Å². The lowest BCUT2D eigenvalue weighted by Gasteiger charge is -2.15. The summed E-state index contributed by atoms with van der Waals surface area (Å²) in [5.74, 6) is 0.808. The molecular weight excluding hydrogens is 232 g/mol. The van der Waals surface area contributed by atoms with E-state index in [9.17, 15) is 0 Å².